The molecule has 0 bridgehead atoms. The predicted octanol–water partition coefficient (Wildman–Crippen LogP) is 15.4. The fourth-order valence-corrected chi connectivity index (χ4v) is 9.71. The Hall–Kier alpha value is -7.40. The molecule has 0 radical (unpaired) electrons. The van der Waals surface area contributed by atoms with Crippen LogP contribution in [0.25, 0.3) is 120 Å². The van der Waals surface area contributed by atoms with Crippen LogP contribution in [0.5, 0.6) is 0 Å². The van der Waals surface area contributed by atoms with Gasteiger partial charge in [0.15, 0.2) is 0 Å². The minimum atomic E-state index is 0.866. The third kappa shape index (κ3) is 5.34. The van der Waals surface area contributed by atoms with Gasteiger partial charge in [-0.2, -0.15) is 0 Å². The van der Waals surface area contributed by atoms with Gasteiger partial charge in [0.05, 0.1) is 11.9 Å². The van der Waals surface area contributed by atoms with E-state index >= 15 is 0 Å². The van der Waals surface area contributed by atoms with Gasteiger partial charge in [-0.05, 0) is 109 Å². The number of para-hydroxylation sites is 1. The molecule has 3 nitrogen and oxygen atoms in total. The van der Waals surface area contributed by atoms with Crippen LogP contribution in [0.1, 0.15) is 0 Å². The van der Waals surface area contributed by atoms with Crippen LogP contribution >= 0.6 is 11.3 Å². The third-order valence-electron chi connectivity index (χ3n) is 11.5. The summed E-state index contributed by atoms with van der Waals surface area (Å²) in [5.41, 5.74) is 13.9. The van der Waals surface area contributed by atoms with Gasteiger partial charge in [0.1, 0.15) is 21.5 Å². The minimum Gasteiger partial charge on any atom is -0.455 e. The van der Waals surface area contributed by atoms with Crippen molar-refractivity contribution < 1.29 is 4.42 Å². The molecule has 3 aromatic heterocycles. The second-order valence-corrected chi connectivity index (χ2v) is 16.0. The fraction of sp³-hybridized carbons (Fsp3) is 0. The Balaban J connectivity index is 0.917. The van der Waals surface area contributed by atoms with Crippen LogP contribution in [0.3, 0.4) is 0 Å². The molecule has 0 N–H and O–H groups in total. The second kappa shape index (κ2) is 13.1. The number of rotatable bonds is 5. The van der Waals surface area contributed by atoms with Gasteiger partial charge in [-0.25, -0.2) is 4.98 Å². The highest BCUT2D eigenvalue weighted by atomic mass is 32.1. The van der Waals surface area contributed by atoms with Gasteiger partial charge in [-0.15, -0.1) is 11.3 Å². The average Bonchev–Trinajstić information content (AvgIpc) is 3.87. The van der Waals surface area contributed by atoms with Gasteiger partial charge in [0.2, 0.25) is 0 Å². The summed E-state index contributed by atoms with van der Waals surface area (Å²) in [7, 11) is 0. The van der Waals surface area contributed by atoms with Crippen LogP contribution in [-0.4, -0.2) is 9.97 Å². The minimum absolute atomic E-state index is 0.866. The highest BCUT2D eigenvalue weighted by Gasteiger charge is 2.18. The predicted molar refractivity (Wildman–Crippen MR) is 244 cm³/mol. The molecule has 0 atom stereocenters. The highest BCUT2D eigenvalue weighted by Crippen LogP contribution is 2.43. The van der Waals surface area contributed by atoms with Crippen molar-refractivity contribution in [2.75, 3.05) is 0 Å². The van der Waals surface area contributed by atoms with Crippen LogP contribution in [0.2, 0.25) is 0 Å². The lowest BCUT2D eigenvalue weighted by molar-refractivity contribution is 0.670. The first-order valence-corrected chi connectivity index (χ1v) is 20.4. The number of benzene rings is 9. The molecule has 0 fully saturated rings. The molecule has 12 aromatic rings. The van der Waals surface area contributed by atoms with E-state index in [4.69, 9.17) is 14.4 Å². The fourth-order valence-electron chi connectivity index (χ4n) is 8.70. The summed E-state index contributed by atoms with van der Waals surface area (Å²) in [5, 5.41) is 8.29. The Morgan fingerprint density at radius 1 is 0.414 bits per heavy atom. The molecule has 4 heteroatoms. The summed E-state index contributed by atoms with van der Waals surface area (Å²) in [6, 6.07) is 67.2. The normalized spacial score (nSPS) is 11.8. The number of hydrogen-bond acceptors (Lipinski definition) is 4. The zero-order valence-electron chi connectivity index (χ0n) is 31.2. The summed E-state index contributed by atoms with van der Waals surface area (Å²) < 4.78 is 7.75. The van der Waals surface area contributed by atoms with Crippen molar-refractivity contribution in [2.45, 2.75) is 0 Å². The maximum atomic E-state index is 6.58. The molecule has 0 saturated carbocycles. The van der Waals surface area contributed by atoms with Gasteiger partial charge in [0, 0.05) is 32.0 Å². The SMILES string of the molecule is c1ccc(-c2cc(-c3cccc(-c4cnc5c(n4)sc4ccc(-c6cccc(-c7cc8ccccc8c8c7oc7ccccc78)c6)cc45)c3)cc3ccccc23)cc1. The Morgan fingerprint density at radius 2 is 1.07 bits per heavy atom. The maximum absolute atomic E-state index is 6.58. The Kier molecular flexibility index (Phi) is 7.40. The van der Waals surface area contributed by atoms with Gasteiger partial charge < -0.3 is 4.42 Å². The number of nitrogens with zero attached hydrogens (tertiary/aromatic N) is 2. The van der Waals surface area contributed by atoms with Crippen molar-refractivity contribution in [3.05, 3.63) is 194 Å². The van der Waals surface area contributed by atoms with E-state index in [2.05, 4.69) is 182 Å². The summed E-state index contributed by atoms with van der Waals surface area (Å²) in [5.74, 6) is 0. The maximum Gasteiger partial charge on any atom is 0.143 e. The zero-order chi connectivity index (χ0) is 38.2. The number of hydrogen-bond donors (Lipinski definition) is 0. The molecule has 0 amide bonds. The molecular weight excluding hydrogens is 725 g/mol. The van der Waals surface area contributed by atoms with E-state index in [0.717, 1.165) is 76.7 Å². The van der Waals surface area contributed by atoms with E-state index < -0.39 is 0 Å². The number of aromatic nitrogens is 2. The van der Waals surface area contributed by atoms with E-state index in [0.29, 0.717) is 0 Å². The molecule has 0 aliphatic rings. The van der Waals surface area contributed by atoms with Crippen molar-refractivity contribution in [2.24, 2.45) is 0 Å². The van der Waals surface area contributed by atoms with Crippen molar-refractivity contribution >= 4 is 75.3 Å². The van der Waals surface area contributed by atoms with E-state index in [-0.39, 0.29) is 0 Å². The Morgan fingerprint density at radius 3 is 1.93 bits per heavy atom. The van der Waals surface area contributed by atoms with Crippen molar-refractivity contribution in [1.82, 2.24) is 9.97 Å². The zero-order valence-corrected chi connectivity index (χ0v) is 32.0. The van der Waals surface area contributed by atoms with Gasteiger partial charge in [-0.3, -0.25) is 4.98 Å². The number of thiophene rings is 1. The first-order chi connectivity index (χ1) is 28.7. The topological polar surface area (TPSA) is 38.9 Å². The molecule has 0 aliphatic carbocycles. The standard InChI is InChI=1S/C54H32N2OS/c1-2-12-33(13-3-1)45-31-41(28-37-14-4-6-20-42(37)45)35-17-11-19-40(27-35)48-32-55-52-47-29-36(24-25-50(47)58-54(52)56-48)34-16-10-18-38(26-34)46-30-39-15-5-7-21-43(39)51-44-22-8-9-23-49(44)57-53(46)51/h1-32H. The van der Waals surface area contributed by atoms with E-state index in [1.54, 1.807) is 11.3 Å². The first-order valence-electron chi connectivity index (χ1n) is 19.5. The quantitative estimate of drug-likeness (QED) is 0.176. The van der Waals surface area contributed by atoms with E-state index in [9.17, 15) is 0 Å². The summed E-state index contributed by atoms with van der Waals surface area (Å²) in [6.07, 6.45) is 1.93. The van der Waals surface area contributed by atoms with Crippen molar-refractivity contribution in [3.8, 4) is 55.8 Å². The lowest BCUT2D eigenvalue weighted by Gasteiger charge is -2.12. The van der Waals surface area contributed by atoms with Crippen LogP contribution in [0, 0.1) is 0 Å². The van der Waals surface area contributed by atoms with Gasteiger partial charge >= 0.3 is 0 Å². The molecule has 0 spiro atoms. The van der Waals surface area contributed by atoms with Crippen LogP contribution < -0.4 is 0 Å². The van der Waals surface area contributed by atoms with Crippen molar-refractivity contribution in [1.29, 1.82) is 0 Å². The Bertz CT molecular complexity index is 3580. The molecule has 3 heterocycles. The molecule has 0 unspecified atom stereocenters. The highest BCUT2D eigenvalue weighted by molar-refractivity contribution is 7.25. The molecule has 0 saturated heterocycles. The first kappa shape index (κ1) is 32.8. The lowest BCUT2D eigenvalue weighted by atomic mass is 9.92. The van der Waals surface area contributed by atoms with Crippen LogP contribution in [0.15, 0.2) is 199 Å². The van der Waals surface area contributed by atoms with E-state index in [1.807, 2.05) is 12.3 Å². The van der Waals surface area contributed by atoms with E-state index in [1.165, 1.54) is 42.9 Å². The smallest absolute Gasteiger partial charge is 0.143 e. The Labute approximate surface area is 338 Å². The second-order valence-electron chi connectivity index (χ2n) is 14.9. The monoisotopic (exact) mass is 756 g/mol. The average molecular weight is 757 g/mol. The van der Waals surface area contributed by atoms with Crippen LogP contribution in [-0.2, 0) is 0 Å². The molecular formula is C54H32N2OS. The molecule has 12 rings (SSSR count). The summed E-state index contributed by atoms with van der Waals surface area (Å²) >= 11 is 1.69. The summed E-state index contributed by atoms with van der Waals surface area (Å²) in [6.45, 7) is 0. The van der Waals surface area contributed by atoms with Gasteiger partial charge in [-0.1, -0.05) is 140 Å². The number of furan rings is 1. The lowest BCUT2D eigenvalue weighted by Crippen LogP contribution is -1.88. The van der Waals surface area contributed by atoms with Gasteiger partial charge in [0.25, 0.3) is 0 Å². The molecule has 9 aromatic carbocycles. The molecule has 0 aliphatic heterocycles. The largest absolute Gasteiger partial charge is 0.455 e. The van der Waals surface area contributed by atoms with Crippen molar-refractivity contribution in [3.63, 3.8) is 0 Å². The third-order valence-corrected chi connectivity index (χ3v) is 12.6. The molecule has 270 valence electrons. The van der Waals surface area contributed by atoms with Crippen LogP contribution in [0.4, 0.5) is 0 Å². The summed E-state index contributed by atoms with van der Waals surface area (Å²) in [4.78, 5) is 11.2. The molecule has 58 heavy (non-hydrogen) atoms. The number of fused-ring (bicyclic) bond motifs is 9.